The van der Waals surface area contributed by atoms with E-state index in [4.69, 9.17) is 4.74 Å². The van der Waals surface area contributed by atoms with Crippen LogP contribution in [0, 0.1) is 5.92 Å². The fourth-order valence-electron chi connectivity index (χ4n) is 5.95. The molecule has 0 bridgehead atoms. The number of carbonyl (C=O) groups excluding carboxylic acids is 2. The number of amides is 2. The van der Waals surface area contributed by atoms with Crippen LogP contribution in [0.3, 0.4) is 0 Å². The van der Waals surface area contributed by atoms with Gasteiger partial charge in [0.25, 0.3) is 12.3 Å². The Morgan fingerprint density at radius 1 is 1.04 bits per heavy atom. The molecule has 262 valence electrons. The summed E-state index contributed by atoms with van der Waals surface area (Å²) < 4.78 is 112. The molecule has 1 saturated carbocycles. The molecule has 0 spiro atoms. The summed E-state index contributed by atoms with van der Waals surface area (Å²) in [5, 5.41) is 7.89. The Morgan fingerprint density at radius 2 is 1.77 bits per heavy atom. The van der Waals surface area contributed by atoms with Gasteiger partial charge in [-0.05, 0) is 75.9 Å². The lowest BCUT2D eigenvalue weighted by Crippen LogP contribution is -2.41. The number of nitrogens with zero attached hydrogens (tertiary/aromatic N) is 3. The molecule has 3 heterocycles. The first-order valence-electron chi connectivity index (χ1n) is 15.2. The van der Waals surface area contributed by atoms with Crippen LogP contribution < -0.4 is 20.7 Å². The van der Waals surface area contributed by atoms with Gasteiger partial charge in [-0.15, -0.1) is 0 Å². The van der Waals surface area contributed by atoms with Crippen LogP contribution >= 0.6 is 0 Å². The van der Waals surface area contributed by atoms with Crippen molar-refractivity contribution in [1.82, 2.24) is 30.5 Å². The molecule has 48 heavy (non-hydrogen) atoms. The maximum Gasteiger partial charge on any atom is 0.418 e. The van der Waals surface area contributed by atoms with Crippen molar-refractivity contribution < 1.29 is 49.4 Å². The topological polar surface area (TPSA) is 124 Å². The highest BCUT2D eigenvalue weighted by Gasteiger charge is 2.42. The van der Waals surface area contributed by atoms with Gasteiger partial charge in [-0.25, -0.2) is 13.8 Å². The SMILES string of the molecule is CN1CCCC1C(=O)NCc1ccc(C(F)(F)F)c(Nc2nc3cc(C(=O)N[C@H]4CC[C@H](C(F)(F)F)CC4)c(OCC(F)F)nc3[nH]2)c1. The second kappa shape index (κ2) is 14.1. The number of fused-ring (bicyclic) bond motifs is 1. The molecule has 2 aliphatic rings. The summed E-state index contributed by atoms with van der Waals surface area (Å²) in [6.45, 7) is -0.417. The third-order valence-corrected chi connectivity index (χ3v) is 8.48. The van der Waals surface area contributed by atoms with E-state index in [9.17, 15) is 44.7 Å². The number of pyridine rings is 1. The fourth-order valence-corrected chi connectivity index (χ4v) is 5.95. The molecule has 2 amide bonds. The minimum atomic E-state index is -4.78. The van der Waals surface area contributed by atoms with Crippen LogP contribution in [-0.4, -0.2) is 76.6 Å². The van der Waals surface area contributed by atoms with Crippen molar-refractivity contribution >= 4 is 34.6 Å². The van der Waals surface area contributed by atoms with E-state index in [1.54, 1.807) is 0 Å². The Balaban J connectivity index is 1.37. The molecule has 1 saturated heterocycles. The fraction of sp³-hybridized carbons (Fsp3) is 0.533. The first-order valence-corrected chi connectivity index (χ1v) is 15.2. The zero-order chi connectivity index (χ0) is 34.8. The third kappa shape index (κ3) is 8.43. The monoisotopic (exact) mass is 691 g/mol. The lowest BCUT2D eigenvalue weighted by molar-refractivity contribution is -0.182. The second-order valence-electron chi connectivity index (χ2n) is 11.9. The number of ether oxygens (including phenoxy) is 1. The van der Waals surface area contributed by atoms with E-state index in [0.29, 0.717) is 12.0 Å². The number of H-pyrrole nitrogens is 1. The van der Waals surface area contributed by atoms with Crippen LogP contribution in [0.2, 0.25) is 0 Å². The van der Waals surface area contributed by atoms with Crippen molar-refractivity contribution in [2.75, 3.05) is 25.5 Å². The number of anilines is 2. The lowest BCUT2D eigenvalue weighted by Gasteiger charge is -2.30. The molecule has 2 fully saturated rings. The van der Waals surface area contributed by atoms with Gasteiger partial charge in [0.15, 0.2) is 12.3 Å². The summed E-state index contributed by atoms with van der Waals surface area (Å²) in [7, 11) is 1.81. The Labute approximate surface area is 269 Å². The van der Waals surface area contributed by atoms with Gasteiger partial charge >= 0.3 is 12.4 Å². The van der Waals surface area contributed by atoms with E-state index >= 15 is 0 Å². The highest BCUT2D eigenvalue weighted by Crippen LogP contribution is 2.38. The number of benzene rings is 1. The highest BCUT2D eigenvalue weighted by molar-refractivity contribution is 5.99. The minimum absolute atomic E-state index is 0.0366. The van der Waals surface area contributed by atoms with Crippen LogP contribution in [0.5, 0.6) is 5.88 Å². The summed E-state index contributed by atoms with van der Waals surface area (Å²) in [4.78, 5) is 38.5. The summed E-state index contributed by atoms with van der Waals surface area (Å²) in [5.74, 6) is -3.34. The number of likely N-dealkylation sites (tertiary alicyclic amines) is 1. The predicted octanol–water partition coefficient (Wildman–Crippen LogP) is 5.93. The van der Waals surface area contributed by atoms with Gasteiger partial charge in [-0.3, -0.25) is 14.5 Å². The molecule has 10 nitrogen and oxygen atoms in total. The van der Waals surface area contributed by atoms with Crippen LogP contribution in [0.25, 0.3) is 11.2 Å². The number of aromatic nitrogens is 3. The molecule has 1 unspecified atom stereocenters. The van der Waals surface area contributed by atoms with Crippen LogP contribution in [0.15, 0.2) is 24.3 Å². The van der Waals surface area contributed by atoms with Crippen molar-refractivity contribution in [2.24, 2.45) is 5.92 Å². The van der Waals surface area contributed by atoms with E-state index in [1.165, 1.54) is 12.1 Å². The first-order chi connectivity index (χ1) is 22.6. The number of carbonyl (C=O) groups is 2. The Hall–Kier alpha value is -4.22. The van der Waals surface area contributed by atoms with E-state index in [2.05, 4.69) is 30.9 Å². The number of likely N-dealkylation sites (N-methyl/N-ethyl adjacent to an activating group) is 1. The first kappa shape index (κ1) is 35.1. The number of imidazole rings is 1. The average molecular weight is 692 g/mol. The Kier molecular flexibility index (Phi) is 10.3. The minimum Gasteiger partial charge on any atom is -0.471 e. The van der Waals surface area contributed by atoms with Crippen molar-refractivity contribution in [3.05, 3.63) is 41.0 Å². The molecule has 1 aliphatic carbocycles. The number of hydrogen-bond donors (Lipinski definition) is 4. The predicted molar refractivity (Wildman–Crippen MR) is 157 cm³/mol. The zero-order valence-electron chi connectivity index (χ0n) is 25.6. The number of hydrogen-bond acceptors (Lipinski definition) is 7. The molecule has 3 aromatic rings. The van der Waals surface area contributed by atoms with Crippen molar-refractivity contribution in [1.29, 1.82) is 0 Å². The molecule has 2 aromatic heterocycles. The molecule has 0 radical (unpaired) electrons. The second-order valence-corrected chi connectivity index (χ2v) is 11.9. The quantitative estimate of drug-likeness (QED) is 0.195. The van der Waals surface area contributed by atoms with Crippen LogP contribution in [-0.2, 0) is 17.5 Å². The van der Waals surface area contributed by atoms with Crippen molar-refractivity contribution in [3.63, 3.8) is 0 Å². The Bertz CT molecular complexity index is 1620. The van der Waals surface area contributed by atoms with E-state index in [1.807, 2.05) is 11.9 Å². The largest absolute Gasteiger partial charge is 0.471 e. The van der Waals surface area contributed by atoms with Gasteiger partial charge < -0.3 is 25.7 Å². The van der Waals surface area contributed by atoms with Gasteiger partial charge in [0, 0.05) is 12.6 Å². The van der Waals surface area contributed by atoms with E-state index < -0.39 is 60.4 Å². The summed E-state index contributed by atoms with van der Waals surface area (Å²) >= 11 is 0. The number of nitrogens with one attached hydrogen (secondary N) is 4. The molecule has 1 atom stereocenters. The highest BCUT2D eigenvalue weighted by atomic mass is 19.4. The van der Waals surface area contributed by atoms with Crippen LogP contribution in [0.1, 0.15) is 60.0 Å². The standard InChI is InChI=1S/C30H33F8N7O3/c1-45-10-2-3-22(45)26(47)39-13-15-4-9-19(30(36,37)38)20(11-15)41-28-42-21-12-18(27(43-24(21)44-28)48-14-23(31)32)25(46)40-17-7-5-16(6-8-17)29(33,34)35/h4,9,11-12,16-17,22-23H,2-3,5-8,10,13-14H2,1H3,(H,39,47)(H,40,46)(H2,41,42,43,44)/t16-,17-,22?. The average Bonchev–Trinajstić information content (AvgIpc) is 3.62. The number of aromatic amines is 1. The Morgan fingerprint density at radius 3 is 2.40 bits per heavy atom. The zero-order valence-corrected chi connectivity index (χ0v) is 25.6. The molecular weight excluding hydrogens is 658 g/mol. The van der Waals surface area contributed by atoms with Crippen LogP contribution in [0.4, 0.5) is 46.8 Å². The third-order valence-electron chi connectivity index (χ3n) is 8.48. The number of alkyl halides is 8. The van der Waals surface area contributed by atoms with E-state index in [-0.39, 0.29) is 66.9 Å². The summed E-state index contributed by atoms with van der Waals surface area (Å²) in [6.07, 6.45) is -10.9. The van der Waals surface area contributed by atoms with Crippen molar-refractivity contribution in [2.45, 2.75) is 75.9 Å². The molecule has 1 aliphatic heterocycles. The molecule has 18 heteroatoms. The maximum absolute atomic E-state index is 13.9. The van der Waals surface area contributed by atoms with Gasteiger partial charge in [-0.2, -0.15) is 31.3 Å². The normalized spacial score (nSPS) is 20.7. The molecule has 1 aromatic carbocycles. The van der Waals surface area contributed by atoms with E-state index in [0.717, 1.165) is 25.1 Å². The lowest BCUT2D eigenvalue weighted by atomic mass is 9.85. The molecule has 4 N–H and O–H groups in total. The summed E-state index contributed by atoms with van der Waals surface area (Å²) in [6, 6.07) is 3.48. The summed E-state index contributed by atoms with van der Waals surface area (Å²) in [5.41, 5.74) is -1.57. The van der Waals surface area contributed by atoms with Gasteiger partial charge in [0.1, 0.15) is 11.1 Å². The molecular formula is C30H33F8N7O3. The number of halogens is 8. The van der Waals surface area contributed by atoms with Gasteiger partial charge in [-0.1, -0.05) is 6.07 Å². The smallest absolute Gasteiger partial charge is 0.418 e. The number of rotatable bonds is 10. The molecule has 5 rings (SSSR count). The van der Waals surface area contributed by atoms with Gasteiger partial charge in [0.2, 0.25) is 17.7 Å². The maximum atomic E-state index is 13.9. The van der Waals surface area contributed by atoms with Gasteiger partial charge in [0.05, 0.1) is 23.2 Å². The van der Waals surface area contributed by atoms with Crippen molar-refractivity contribution in [3.8, 4) is 5.88 Å².